The predicted octanol–water partition coefficient (Wildman–Crippen LogP) is 3.75. The summed E-state index contributed by atoms with van der Waals surface area (Å²) < 4.78 is 3.09. The third kappa shape index (κ3) is 3.16. The van der Waals surface area contributed by atoms with Crippen molar-refractivity contribution < 1.29 is 4.79 Å². The molecule has 1 N–H and O–H groups in total. The number of aromatic nitrogens is 1. The Morgan fingerprint density at radius 3 is 2.72 bits per heavy atom. The Labute approximate surface area is 117 Å². The molecule has 2 rings (SSSR count). The van der Waals surface area contributed by atoms with E-state index in [0.717, 1.165) is 29.6 Å². The van der Waals surface area contributed by atoms with Crippen LogP contribution in [-0.4, -0.2) is 17.0 Å². The summed E-state index contributed by atoms with van der Waals surface area (Å²) in [7, 11) is 0. The number of amides is 1. The van der Waals surface area contributed by atoms with Crippen LogP contribution in [-0.2, 0) is 0 Å². The number of nitrogens with one attached hydrogen (secondary N) is 1. The van der Waals surface area contributed by atoms with Gasteiger partial charge in [0.1, 0.15) is 5.69 Å². The first kappa shape index (κ1) is 13.7. The normalized spacial score (nSPS) is 15.1. The Morgan fingerprint density at radius 1 is 1.50 bits per heavy atom. The molecule has 0 unspecified atom stereocenters. The van der Waals surface area contributed by atoms with E-state index in [1.807, 2.05) is 12.3 Å². The number of nitrogens with zero attached hydrogens (tertiary/aromatic N) is 1. The molecule has 4 heteroatoms. The van der Waals surface area contributed by atoms with E-state index in [9.17, 15) is 4.79 Å². The molecule has 1 aromatic rings. The maximum Gasteiger partial charge on any atom is 0.267 e. The SMILES string of the molecule is CCC(CC)CNC(=O)c1cc(Br)cn1C1CC1. The van der Waals surface area contributed by atoms with Gasteiger partial charge in [0.25, 0.3) is 5.91 Å². The third-order valence-electron chi connectivity index (χ3n) is 3.69. The van der Waals surface area contributed by atoms with Gasteiger partial charge in [-0.1, -0.05) is 26.7 Å². The molecule has 1 heterocycles. The van der Waals surface area contributed by atoms with Crippen molar-refractivity contribution in [1.82, 2.24) is 9.88 Å². The molecule has 0 radical (unpaired) electrons. The quantitative estimate of drug-likeness (QED) is 0.852. The van der Waals surface area contributed by atoms with Gasteiger partial charge < -0.3 is 9.88 Å². The number of hydrogen-bond donors (Lipinski definition) is 1. The average molecular weight is 313 g/mol. The first-order valence-electron chi connectivity index (χ1n) is 6.81. The van der Waals surface area contributed by atoms with Crippen LogP contribution in [0.5, 0.6) is 0 Å². The Kier molecular flexibility index (Phi) is 4.49. The van der Waals surface area contributed by atoms with Gasteiger partial charge in [-0.2, -0.15) is 0 Å². The smallest absolute Gasteiger partial charge is 0.267 e. The van der Waals surface area contributed by atoms with Gasteiger partial charge in [0.15, 0.2) is 0 Å². The van der Waals surface area contributed by atoms with Gasteiger partial charge >= 0.3 is 0 Å². The lowest BCUT2D eigenvalue weighted by Crippen LogP contribution is -2.30. The first-order chi connectivity index (χ1) is 8.65. The molecule has 0 aliphatic heterocycles. The highest BCUT2D eigenvalue weighted by Crippen LogP contribution is 2.37. The van der Waals surface area contributed by atoms with Crippen LogP contribution in [0.4, 0.5) is 0 Å². The number of hydrogen-bond acceptors (Lipinski definition) is 1. The Balaban J connectivity index is 2.00. The third-order valence-corrected chi connectivity index (χ3v) is 4.13. The Bertz CT molecular complexity index is 419. The maximum absolute atomic E-state index is 12.2. The molecule has 0 spiro atoms. The van der Waals surface area contributed by atoms with Crippen LogP contribution in [0, 0.1) is 5.92 Å². The van der Waals surface area contributed by atoms with Crippen molar-refractivity contribution >= 4 is 21.8 Å². The zero-order valence-corrected chi connectivity index (χ0v) is 12.7. The van der Waals surface area contributed by atoms with Crippen molar-refractivity contribution in [2.45, 2.75) is 45.6 Å². The second-order valence-electron chi connectivity index (χ2n) is 5.07. The second kappa shape index (κ2) is 5.91. The maximum atomic E-state index is 12.2. The summed E-state index contributed by atoms with van der Waals surface area (Å²) in [4.78, 5) is 12.2. The van der Waals surface area contributed by atoms with Crippen LogP contribution < -0.4 is 5.32 Å². The zero-order chi connectivity index (χ0) is 13.1. The van der Waals surface area contributed by atoms with E-state index < -0.39 is 0 Å². The molecule has 0 saturated heterocycles. The molecule has 1 amide bonds. The van der Waals surface area contributed by atoms with E-state index >= 15 is 0 Å². The molecule has 1 aliphatic rings. The lowest BCUT2D eigenvalue weighted by atomic mass is 10.0. The summed E-state index contributed by atoms with van der Waals surface area (Å²) in [6.07, 6.45) is 6.62. The predicted molar refractivity (Wildman–Crippen MR) is 76.8 cm³/mol. The molecule has 1 aromatic heterocycles. The number of carbonyl (C=O) groups excluding carboxylic acids is 1. The molecule has 0 bridgehead atoms. The highest BCUT2D eigenvalue weighted by molar-refractivity contribution is 9.10. The summed E-state index contributed by atoms with van der Waals surface area (Å²) in [6.45, 7) is 5.12. The molecule has 100 valence electrons. The summed E-state index contributed by atoms with van der Waals surface area (Å²) in [6, 6.07) is 2.45. The van der Waals surface area contributed by atoms with E-state index in [1.165, 1.54) is 12.8 Å². The fraction of sp³-hybridized carbons (Fsp3) is 0.643. The Morgan fingerprint density at radius 2 is 2.17 bits per heavy atom. The second-order valence-corrected chi connectivity index (χ2v) is 5.99. The molecule has 0 aromatic carbocycles. The van der Waals surface area contributed by atoms with Crippen molar-refractivity contribution in [2.75, 3.05) is 6.54 Å². The number of halogens is 1. The fourth-order valence-corrected chi connectivity index (χ4v) is 2.62. The number of carbonyl (C=O) groups is 1. The molecular weight excluding hydrogens is 292 g/mol. The minimum atomic E-state index is 0.0551. The Hall–Kier alpha value is -0.770. The van der Waals surface area contributed by atoms with Gasteiger partial charge in [0.05, 0.1) is 0 Å². The van der Waals surface area contributed by atoms with Crippen molar-refractivity contribution in [3.8, 4) is 0 Å². The van der Waals surface area contributed by atoms with Gasteiger partial charge in [-0.15, -0.1) is 0 Å². The van der Waals surface area contributed by atoms with Crippen LogP contribution in [0.2, 0.25) is 0 Å². The highest BCUT2D eigenvalue weighted by atomic mass is 79.9. The molecule has 1 saturated carbocycles. The molecule has 18 heavy (non-hydrogen) atoms. The van der Waals surface area contributed by atoms with Gasteiger partial charge in [-0.3, -0.25) is 4.79 Å². The van der Waals surface area contributed by atoms with Crippen LogP contribution in [0.25, 0.3) is 0 Å². The average Bonchev–Trinajstić information content (AvgIpc) is 3.13. The lowest BCUT2D eigenvalue weighted by molar-refractivity contribution is 0.0937. The lowest BCUT2D eigenvalue weighted by Gasteiger charge is -2.14. The summed E-state index contributed by atoms with van der Waals surface area (Å²) in [5.41, 5.74) is 0.787. The van der Waals surface area contributed by atoms with Crippen LogP contribution in [0.15, 0.2) is 16.7 Å². The standard InChI is InChI=1S/C14H21BrN2O/c1-3-10(4-2)8-16-14(18)13-7-11(15)9-17(13)12-5-6-12/h7,9-10,12H,3-6,8H2,1-2H3,(H,16,18). The van der Waals surface area contributed by atoms with E-state index in [2.05, 4.69) is 39.7 Å². The van der Waals surface area contributed by atoms with Crippen LogP contribution >= 0.6 is 15.9 Å². The summed E-state index contributed by atoms with van der Waals surface area (Å²) in [5.74, 6) is 0.640. The van der Waals surface area contributed by atoms with Crippen molar-refractivity contribution in [3.63, 3.8) is 0 Å². The van der Waals surface area contributed by atoms with Crippen LogP contribution in [0.3, 0.4) is 0 Å². The first-order valence-corrected chi connectivity index (χ1v) is 7.60. The van der Waals surface area contributed by atoms with Crippen molar-refractivity contribution in [1.29, 1.82) is 0 Å². The fourth-order valence-electron chi connectivity index (χ4n) is 2.19. The molecule has 0 atom stereocenters. The zero-order valence-electron chi connectivity index (χ0n) is 11.1. The van der Waals surface area contributed by atoms with Gasteiger partial charge in [0, 0.05) is 23.3 Å². The monoisotopic (exact) mass is 312 g/mol. The van der Waals surface area contributed by atoms with Crippen LogP contribution in [0.1, 0.15) is 56.1 Å². The van der Waals surface area contributed by atoms with E-state index in [4.69, 9.17) is 0 Å². The highest BCUT2D eigenvalue weighted by Gasteiger charge is 2.27. The molecule has 3 nitrogen and oxygen atoms in total. The van der Waals surface area contributed by atoms with E-state index in [-0.39, 0.29) is 5.91 Å². The van der Waals surface area contributed by atoms with Crippen molar-refractivity contribution in [2.24, 2.45) is 5.92 Å². The largest absolute Gasteiger partial charge is 0.350 e. The van der Waals surface area contributed by atoms with E-state index in [1.54, 1.807) is 0 Å². The minimum absolute atomic E-state index is 0.0551. The van der Waals surface area contributed by atoms with Crippen molar-refractivity contribution in [3.05, 3.63) is 22.4 Å². The van der Waals surface area contributed by atoms with Gasteiger partial charge in [0.2, 0.25) is 0 Å². The number of rotatable bonds is 6. The minimum Gasteiger partial charge on any atom is -0.350 e. The molecule has 1 aliphatic carbocycles. The summed E-state index contributed by atoms with van der Waals surface area (Å²) in [5, 5.41) is 3.06. The summed E-state index contributed by atoms with van der Waals surface area (Å²) >= 11 is 3.45. The molecular formula is C14H21BrN2O. The van der Waals surface area contributed by atoms with Gasteiger partial charge in [-0.25, -0.2) is 0 Å². The van der Waals surface area contributed by atoms with E-state index in [0.29, 0.717) is 12.0 Å². The van der Waals surface area contributed by atoms with Gasteiger partial charge in [-0.05, 0) is 40.8 Å². The topological polar surface area (TPSA) is 34.0 Å². The molecule has 1 fully saturated rings.